The highest BCUT2D eigenvalue weighted by atomic mass is 15.1. The van der Waals surface area contributed by atoms with E-state index in [-0.39, 0.29) is 0 Å². The van der Waals surface area contributed by atoms with E-state index in [0.29, 0.717) is 6.04 Å². The standard InChI is InChI=1S/C12H24N2/c1-4-9-14(11(2)3)10-5-8-13-12-6-7-12/h4,11-13H,1,5-10H2,2-3H3. The molecule has 1 N–H and O–H groups in total. The molecule has 1 fully saturated rings. The minimum Gasteiger partial charge on any atom is -0.314 e. The number of nitrogens with zero attached hydrogens (tertiary/aromatic N) is 1. The van der Waals surface area contributed by atoms with Gasteiger partial charge in [-0.15, -0.1) is 6.58 Å². The van der Waals surface area contributed by atoms with E-state index >= 15 is 0 Å². The zero-order valence-corrected chi connectivity index (χ0v) is 9.63. The van der Waals surface area contributed by atoms with Crippen LogP contribution < -0.4 is 5.32 Å². The van der Waals surface area contributed by atoms with Gasteiger partial charge in [-0.05, 0) is 46.2 Å². The Morgan fingerprint density at radius 2 is 2.21 bits per heavy atom. The van der Waals surface area contributed by atoms with Crippen molar-refractivity contribution >= 4 is 0 Å². The summed E-state index contributed by atoms with van der Waals surface area (Å²) < 4.78 is 0. The molecule has 0 spiro atoms. The third kappa shape index (κ3) is 4.77. The second-order valence-corrected chi connectivity index (χ2v) is 4.46. The van der Waals surface area contributed by atoms with Crippen molar-refractivity contribution in [1.82, 2.24) is 10.2 Å². The van der Waals surface area contributed by atoms with E-state index in [9.17, 15) is 0 Å². The number of hydrogen-bond acceptors (Lipinski definition) is 2. The van der Waals surface area contributed by atoms with Crippen LogP contribution in [0.4, 0.5) is 0 Å². The van der Waals surface area contributed by atoms with Crippen LogP contribution in [0, 0.1) is 0 Å². The zero-order chi connectivity index (χ0) is 10.4. The number of rotatable bonds is 8. The van der Waals surface area contributed by atoms with Gasteiger partial charge in [-0.2, -0.15) is 0 Å². The maximum atomic E-state index is 3.79. The van der Waals surface area contributed by atoms with Crippen LogP contribution >= 0.6 is 0 Å². The topological polar surface area (TPSA) is 15.3 Å². The summed E-state index contributed by atoms with van der Waals surface area (Å²) in [7, 11) is 0. The molecule has 1 rings (SSSR count). The summed E-state index contributed by atoms with van der Waals surface area (Å²) in [6.45, 7) is 11.7. The second-order valence-electron chi connectivity index (χ2n) is 4.46. The van der Waals surface area contributed by atoms with Crippen molar-refractivity contribution in [3.8, 4) is 0 Å². The Kier molecular flexibility index (Phi) is 5.20. The first-order chi connectivity index (χ1) is 6.74. The average Bonchev–Trinajstić information content (AvgIpc) is 2.93. The van der Waals surface area contributed by atoms with Gasteiger partial charge < -0.3 is 5.32 Å². The van der Waals surface area contributed by atoms with Crippen LogP contribution in [0.5, 0.6) is 0 Å². The van der Waals surface area contributed by atoms with Crippen LogP contribution in [0.25, 0.3) is 0 Å². The molecule has 1 aliphatic rings. The summed E-state index contributed by atoms with van der Waals surface area (Å²) >= 11 is 0. The Bertz CT molecular complexity index is 162. The molecular weight excluding hydrogens is 172 g/mol. The SMILES string of the molecule is C=CCN(CCCNC1CC1)C(C)C. The normalized spacial score (nSPS) is 16.6. The van der Waals surface area contributed by atoms with E-state index in [0.717, 1.165) is 12.6 Å². The lowest BCUT2D eigenvalue weighted by Gasteiger charge is -2.24. The number of nitrogens with one attached hydrogen (secondary N) is 1. The maximum absolute atomic E-state index is 3.79. The fourth-order valence-electron chi connectivity index (χ4n) is 1.60. The molecule has 0 radical (unpaired) electrons. The van der Waals surface area contributed by atoms with Crippen molar-refractivity contribution in [2.24, 2.45) is 0 Å². The molecule has 2 heteroatoms. The fourth-order valence-corrected chi connectivity index (χ4v) is 1.60. The molecule has 1 aliphatic carbocycles. The Hall–Kier alpha value is -0.340. The molecule has 0 unspecified atom stereocenters. The molecular formula is C12H24N2. The largest absolute Gasteiger partial charge is 0.314 e. The maximum Gasteiger partial charge on any atom is 0.0163 e. The lowest BCUT2D eigenvalue weighted by atomic mass is 10.3. The highest BCUT2D eigenvalue weighted by Crippen LogP contribution is 2.18. The molecule has 0 heterocycles. The Morgan fingerprint density at radius 3 is 2.71 bits per heavy atom. The minimum atomic E-state index is 0.633. The van der Waals surface area contributed by atoms with E-state index in [4.69, 9.17) is 0 Å². The molecule has 1 saturated carbocycles. The van der Waals surface area contributed by atoms with E-state index in [1.54, 1.807) is 0 Å². The lowest BCUT2D eigenvalue weighted by molar-refractivity contribution is 0.242. The molecule has 0 aromatic heterocycles. The first-order valence-corrected chi connectivity index (χ1v) is 5.82. The van der Waals surface area contributed by atoms with Crippen LogP contribution in [0.15, 0.2) is 12.7 Å². The van der Waals surface area contributed by atoms with Gasteiger partial charge in [0.25, 0.3) is 0 Å². The molecule has 0 bridgehead atoms. The van der Waals surface area contributed by atoms with E-state index < -0.39 is 0 Å². The van der Waals surface area contributed by atoms with E-state index in [1.807, 2.05) is 6.08 Å². The molecule has 0 atom stereocenters. The molecule has 0 aromatic rings. The van der Waals surface area contributed by atoms with Crippen LogP contribution in [0.2, 0.25) is 0 Å². The summed E-state index contributed by atoms with van der Waals surface area (Å²) in [5.74, 6) is 0. The Balaban J connectivity index is 2.02. The smallest absolute Gasteiger partial charge is 0.0163 e. The molecule has 2 nitrogen and oxygen atoms in total. The van der Waals surface area contributed by atoms with Gasteiger partial charge in [-0.1, -0.05) is 6.08 Å². The van der Waals surface area contributed by atoms with Gasteiger partial charge in [-0.25, -0.2) is 0 Å². The van der Waals surface area contributed by atoms with Crippen molar-refractivity contribution in [2.45, 2.75) is 45.2 Å². The van der Waals surface area contributed by atoms with Crippen molar-refractivity contribution < 1.29 is 0 Å². The molecule has 0 amide bonds. The third-order valence-corrected chi connectivity index (χ3v) is 2.73. The highest BCUT2D eigenvalue weighted by molar-refractivity contribution is 4.81. The first-order valence-electron chi connectivity index (χ1n) is 5.82. The quantitative estimate of drug-likeness (QED) is 0.472. The van der Waals surface area contributed by atoms with Crippen LogP contribution in [0.1, 0.15) is 33.1 Å². The molecule has 82 valence electrons. The zero-order valence-electron chi connectivity index (χ0n) is 9.63. The van der Waals surface area contributed by atoms with Gasteiger partial charge in [0.15, 0.2) is 0 Å². The van der Waals surface area contributed by atoms with Gasteiger partial charge in [0, 0.05) is 18.6 Å². The predicted molar refractivity (Wildman–Crippen MR) is 62.5 cm³/mol. The Morgan fingerprint density at radius 1 is 1.50 bits per heavy atom. The number of hydrogen-bond donors (Lipinski definition) is 1. The van der Waals surface area contributed by atoms with Crippen LogP contribution in [-0.2, 0) is 0 Å². The highest BCUT2D eigenvalue weighted by Gasteiger charge is 2.19. The van der Waals surface area contributed by atoms with Gasteiger partial charge in [-0.3, -0.25) is 4.90 Å². The van der Waals surface area contributed by atoms with Gasteiger partial charge in [0.05, 0.1) is 0 Å². The van der Waals surface area contributed by atoms with E-state index in [1.165, 1.54) is 32.4 Å². The minimum absolute atomic E-state index is 0.633. The van der Waals surface area contributed by atoms with Crippen molar-refractivity contribution in [2.75, 3.05) is 19.6 Å². The molecule has 0 saturated heterocycles. The summed E-state index contributed by atoms with van der Waals surface area (Å²) in [6.07, 6.45) is 6.03. The van der Waals surface area contributed by atoms with Crippen molar-refractivity contribution in [3.63, 3.8) is 0 Å². The van der Waals surface area contributed by atoms with Crippen molar-refractivity contribution in [1.29, 1.82) is 0 Å². The lowest BCUT2D eigenvalue weighted by Crippen LogP contribution is -2.33. The summed E-state index contributed by atoms with van der Waals surface area (Å²) in [6, 6.07) is 1.48. The summed E-state index contributed by atoms with van der Waals surface area (Å²) in [5, 5.41) is 3.54. The third-order valence-electron chi connectivity index (χ3n) is 2.73. The van der Waals surface area contributed by atoms with Gasteiger partial charge in [0.2, 0.25) is 0 Å². The molecule has 14 heavy (non-hydrogen) atoms. The van der Waals surface area contributed by atoms with E-state index in [2.05, 4.69) is 30.6 Å². The van der Waals surface area contributed by atoms with Crippen LogP contribution in [0.3, 0.4) is 0 Å². The Labute approximate surface area is 88.4 Å². The van der Waals surface area contributed by atoms with Gasteiger partial charge >= 0.3 is 0 Å². The van der Waals surface area contributed by atoms with Crippen molar-refractivity contribution in [3.05, 3.63) is 12.7 Å². The molecule has 0 aromatic carbocycles. The summed E-state index contributed by atoms with van der Waals surface area (Å²) in [4.78, 5) is 2.46. The summed E-state index contributed by atoms with van der Waals surface area (Å²) in [5.41, 5.74) is 0. The second kappa shape index (κ2) is 6.20. The monoisotopic (exact) mass is 196 g/mol. The predicted octanol–water partition coefficient (Wildman–Crippen LogP) is 2.02. The van der Waals surface area contributed by atoms with Crippen LogP contribution in [-0.4, -0.2) is 36.6 Å². The first kappa shape index (κ1) is 11.7. The average molecular weight is 196 g/mol. The molecule has 0 aliphatic heterocycles. The fraction of sp³-hybridized carbons (Fsp3) is 0.833. The van der Waals surface area contributed by atoms with Gasteiger partial charge in [0.1, 0.15) is 0 Å².